The number of aromatic nitrogens is 4. The van der Waals surface area contributed by atoms with Gasteiger partial charge in [-0.3, -0.25) is 19.7 Å². The zero-order chi connectivity index (χ0) is 20.3. The molecule has 3 rings (SSSR count). The van der Waals surface area contributed by atoms with E-state index in [0.717, 1.165) is 23.1 Å². The van der Waals surface area contributed by atoms with Crippen LogP contribution < -0.4 is 5.43 Å². The Labute approximate surface area is 168 Å². The molecular weight excluding hydrogens is 374 g/mol. The molecule has 7 nitrogen and oxygen atoms in total. The summed E-state index contributed by atoms with van der Waals surface area (Å²) < 4.78 is 3.56. The number of nitrogens with one attached hydrogen (secondary N) is 1. The van der Waals surface area contributed by atoms with Gasteiger partial charge in [0.05, 0.1) is 5.75 Å². The van der Waals surface area contributed by atoms with Crippen molar-refractivity contribution in [3.8, 4) is 0 Å². The standard InChI is InChI=1S/C20H23N5O2S/c1-5-18-21-22-20(24(18)4)28-12-17(26)16-11-13(2)25(14(16)3)23-19(27)15-9-7-6-8-10-15/h6-11H,5,12H2,1-4H3,(H,23,27). The van der Waals surface area contributed by atoms with Crippen molar-refractivity contribution < 1.29 is 9.59 Å². The molecule has 0 saturated carbocycles. The van der Waals surface area contributed by atoms with Gasteiger partial charge in [0.1, 0.15) is 5.82 Å². The van der Waals surface area contributed by atoms with Crippen molar-refractivity contribution in [2.75, 3.05) is 11.2 Å². The van der Waals surface area contributed by atoms with Gasteiger partial charge in [0.15, 0.2) is 10.9 Å². The van der Waals surface area contributed by atoms with Gasteiger partial charge >= 0.3 is 0 Å². The molecule has 1 amide bonds. The third-order valence-electron chi connectivity index (χ3n) is 4.55. The van der Waals surface area contributed by atoms with Gasteiger partial charge in [-0.15, -0.1) is 10.2 Å². The smallest absolute Gasteiger partial charge is 0.270 e. The Morgan fingerprint density at radius 3 is 2.50 bits per heavy atom. The Morgan fingerprint density at radius 2 is 1.86 bits per heavy atom. The van der Waals surface area contributed by atoms with Gasteiger partial charge in [0.25, 0.3) is 5.91 Å². The summed E-state index contributed by atoms with van der Waals surface area (Å²) in [6, 6.07) is 10.8. The zero-order valence-corrected chi connectivity index (χ0v) is 17.2. The molecule has 2 aromatic heterocycles. The molecule has 1 aromatic carbocycles. The van der Waals surface area contributed by atoms with Crippen LogP contribution in [0.2, 0.25) is 0 Å². The van der Waals surface area contributed by atoms with Gasteiger partial charge in [-0.05, 0) is 32.0 Å². The SMILES string of the molecule is CCc1nnc(SCC(=O)c2cc(C)n(NC(=O)c3ccccc3)c2C)n1C. The first-order valence-corrected chi connectivity index (χ1v) is 10.0. The maximum Gasteiger partial charge on any atom is 0.270 e. The molecule has 146 valence electrons. The lowest BCUT2D eigenvalue weighted by molar-refractivity contribution is 0.0999. The van der Waals surface area contributed by atoms with E-state index in [0.29, 0.717) is 16.8 Å². The van der Waals surface area contributed by atoms with Gasteiger partial charge in [-0.2, -0.15) is 0 Å². The number of nitrogens with zero attached hydrogens (tertiary/aromatic N) is 4. The largest absolute Gasteiger partial charge is 0.309 e. The highest BCUT2D eigenvalue weighted by atomic mass is 32.2. The van der Waals surface area contributed by atoms with Crippen LogP contribution in [0.4, 0.5) is 0 Å². The fourth-order valence-electron chi connectivity index (χ4n) is 2.96. The van der Waals surface area contributed by atoms with E-state index in [-0.39, 0.29) is 17.4 Å². The molecule has 0 radical (unpaired) electrons. The second-order valence-electron chi connectivity index (χ2n) is 6.45. The number of rotatable bonds is 7. The van der Waals surface area contributed by atoms with Crippen LogP contribution in [0.25, 0.3) is 0 Å². The average Bonchev–Trinajstić information content (AvgIpc) is 3.20. The van der Waals surface area contributed by atoms with Crippen molar-refractivity contribution in [3.05, 3.63) is 64.7 Å². The third kappa shape index (κ3) is 4.01. The fourth-order valence-corrected chi connectivity index (χ4v) is 3.77. The molecule has 0 spiro atoms. The van der Waals surface area contributed by atoms with Crippen LogP contribution in [0.1, 0.15) is 44.9 Å². The number of ketones is 1. The lowest BCUT2D eigenvalue weighted by Gasteiger charge is -2.11. The Balaban J connectivity index is 1.72. The van der Waals surface area contributed by atoms with Crippen LogP contribution in [0.15, 0.2) is 41.6 Å². The molecule has 1 N–H and O–H groups in total. The maximum absolute atomic E-state index is 12.7. The van der Waals surface area contributed by atoms with Gasteiger partial charge in [-0.1, -0.05) is 36.9 Å². The average molecular weight is 398 g/mol. The highest BCUT2D eigenvalue weighted by Gasteiger charge is 2.19. The van der Waals surface area contributed by atoms with Crippen molar-refractivity contribution in [2.45, 2.75) is 32.3 Å². The zero-order valence-electron chi connectivity index (χ0n) is 16.4. The Morgan fingerprint density at radius 1 is 1.14 bits per heavy atom. The molecule has 0 aliphatic rings. The molecule has 8 heteroatoms. The number of benzene rings is 1. The highest BCUT2D eigenvalue weighted by molar-refractivity contribution is 7.99. The van der Waals surface area contributed by atoms with E-state index in [9.17, 15) is 9.59 Å². The van der Waals surface area contributed by atoms with E-state index in [1.54, 1.807) is 22.9 Å². The number of Topliss-reactive ketones (excluding diaryl/α,β-unsaturated/α-hetero) is 1. The Bertz CT molecular complexity index is 1010. The van der Waals surface area contributed by atoms with Crippen LogP contribution in [0.3, 0.4) is 0 Å². The van der Waals surface area contributed by atoms with Crippen LogP contribution in [-0.4, -0.2) is 36.9 Å². The summed E-state index contributed by atoms with van der Waals surface area (Å²) in [7, 11) is 1.90. The minimum atomic E-state index is -0.220. The van der Waals surface area contributed by atoms with E-state index in [4.69, 9.17) is 0 Å². The summed E-state index contributed by atoms with van der Waals surface area (Å²) >= 11 is 1.36. The molecule has 0 aliphatic carbocycles. The molecule has 0 unspecified atom stereocenters. The van der Waals surface area contributed by atoms with Crippen molar-refractivity contribution in [1.82, 2.24) is 19.4 Å². The van der Waals surface area contributed by atoms with E-state index in [2.05, 4.69) is 15.6 Å². The normalized spacial score (nSPS) is 10.9. The molecule has 28 heavy (non-hydrogen) atoms. The molecule has 0 bridgehead atoms. The lowest BCUT2D eigenvalue weighted by Crippen LogP contribution is -2.25. The van der Waals surface area contributed by atoms with Gasteiger partial charge in [0, 0.05) is 36.0 Å². The van der Waals surface area contributed by atoms with Crippen molar-refractivity contribution in [3.63, 3.8) is 0 Å². The number of carbonyl (C=O) groups is 2. The predicted molar refractivity (Wildman–Crippen MR) is 109 cm³/mol. The third-order valence-corrected chi connectivity index (χ3v) is 5.57. The van der Waals surface area contributed by atoms with Crippen LogP contribution in [0, 0.1) is 13.8 Å². The monoisotopic (exact) mass is 397 g/mol. The molecule has 2 heterocycles. The molecule has 0 atom stereocenters. The second kappa shape index (κ2) is 8.43. The first kappa shape index (κ1) is 19.9. The van der Waals surface area contributed by atoms with Crippen LogP contribution in [-0.2, 0) is 13.5 Å². The Kier molecular flexibility index (Phi) is 5.99. The minimum absolute atomic E-state index is 0.0145. The number of aryl methyl sites for hydroxylation is 2. The van der Waals surface area contributed by atoms with E-state index < -0.39 is 0 Å². The fraction of sp³-hybridized carbons (Fsp3) is 0.300. The Hall–Kier alpha value is -2.87. The van der Waals surface area contributed by atoms with Crippen molar-refractivity contribution >= 4 is 23.5 Å². The van der Waals surface area contributed by atoms with Gasteiger partial charge in [0.2, 0.25) is 0 Å². The second-order valence-corrected chi connectivity index (χ2v) is 7.39. The summed E-state index contributed by atoms with van der Waals surface area (Å²) in [5.74, 6) is 0.908. The molecule has 3 aromatic rings. The summed E-state index contributed by atoms with van der Waals surface area (Å²) in [5.41, 5.74) is 5.51. The molecule has 0 fully saturated rings. The molecule has 0 aliphatic heterocycles. The van der Waals surface area contributed by atoms with Crippen molar-refractivity contribution in [2.24, 2.45) is 7.05 Å². The summed E-state index contributed by atoms with van der Waals surface area (Å²) in [6.45, 7) is 5.70. The number of hydrogen-bond donors (Lipinski definition) is 1. The van der Waals surface area contributed by atoms with E-state index in [1.165, 1.54) is 11.8 Å². The van der Waals surface area contributed by atoms with Crippen LogP contribution in [0.5, 0.6) is 0 Å². The predicted octanol–water partition coefficient (Wildman–Crippen LogP) is 3.15. The number of carbonyl (C=O) groups excluding carboxylic acids is 2. The van der Waals surface area contributed by atoms with E-state index in [1.807, 2.05) is 50.6 Å². The maximum atomic E-state index is 12.7. The quantitative estimate of drug-likeness (QED) is 0.489. The number of thioether (sulfide) groups is 1. The molecular formula is C20H23N5O2S. The van der Waals surface area contributed by atoms with Crippen LogP contribution >= 0.6 is 11.8 Å². The summed E-state index contributed by atoms with van der Waals surface area (Å²) in [5, 5.41) is 8.96. The summed E-state index contributed by atoms with van der Waals surface area (Å²) in [6.07, 6.45) is 0.792. The summed E-state index contributed by atoms with van der Waals surface area (Å²) in [4.78, 5) is 25.2. The first-order chi connectivity index (χ1) is 13.4. The number of amides is 1. The first-order valence-electron chi connectivity index (χ1n) is 9.02. The van der Waals surface area contributed by atoms with Gasteiger partial charge < -0.3 is 4.57 Å². The topological polar surface area (TPSA) is 81.8 Å². The van der Waals surface area contributed by atoms with Gasteiger partial charge in [-0.25, -0.2) is 0 Å². The van der Waals surface area contributed by atoms with Crippen molar-refractivity contribution in [1.29, 1.82) is 0 Å². The molecule has 0 saturated heterocycles. The number of hydrogen-bond acceptors (Lipinski definition) is 5. The lowest BCUT2D eigenvalue weighted by atomic mass is 10.2. The van der Waals surface area contributed by atoms with E-state index >= 15 is 0 Å². The minimum Gasteiger partial charge on any atom is -0.309 e. The highest BCUT2D eigenvalue weighted by Crippen LogP contribution is 2.21.